The number of aliphatic hydroxyl groups excluding tert-OH is 1. The molecule has 0 spiro atoms. The number of rotatable bonds is 3. The monoisotopic (exact) mass is 242 g/mol. The Hall–Kier alpha value is -1.82. The molecule has 2 heterocycles. The Kier molecular flexibility index (Phi) is 2.79. The molecule has 0 saturated carbocycles. The summed E-state index contributed by atoms with van der Waals surface area (Å²) in [4.78, 5) is 0. The average Bonchev–Trinajstić information content (AvgIpc) is 2.96. The number of hydrogen-bond acceptors (Lipinski definition) is 4. The van der Waals surface area contributed by atoms with Crippen LogP contribution in [0.1, 0.15) is 5.56 Å². The van der Waals surface area contributed by atoms with Gasteiger partial charge in [-0.1, -0.05) is 22.8 Å². The van der Waals surface area contributed by atoms with Crippen LogP contribution in [0.5, 0.6) is 0 Å². The van der Waals surface area contributed by atoms with Gasteiger partial charge in [0.15, 0.2) is 0 Å². The van der Waals surface area contributed by atoms with Crippen molar-refractivity contribution >= 4 is 19.0 Å². The van der Waals surface area contributed by atoms with Crippen LogP contribution in [-0.2, 0) is 13.0 Å². The van der Waals surface area contributed by atoms with Gasteiger partial charge in [-0.05, 0) is 18.1 Å². The first-order chi connectivity index (χ1) is 8.72. The van der Waals surface area contributed by atoms with Crippen molar-refractivity contribution in [2.24, 2.45) is 0 Å². The Balaban J connectivity index is 1.69. The maximum absolute atomic E-state index is 10.2. The lowest BCUT2D eigenvalue weighted by Gasteiger charge is -2.18. The first-order valence-corrected chi connectivity index (χ1v) is 6.10. The minimum atomic E-state index is -0.473. The van der Waals surface area contributed by atoms with E-state index in [0.717, 1.165) is 12.1 Å². The summed E-state index contributed by atoms with van der Waals surface area (Å²) in [5.74, 6) is 0. The molecule has 18 heavy (non-hydrogen) atoms. The quantitative estimate of drug-likeness (QED) is 0.673. The first kappa shape index (κ1) is 11.3. The number of benzene rings is 1. The summed E-state index contributed by atoms with van der Waals surface area (Å²) in [6.45, 7) is 0.463. The first-order valence-electron chi connectivity index (χ1n) is 6.10. The standard InChI is InChI=1S/C12H15BN4O/c13-9-1-2-10-8(5-9)6-11(15-10)12(18)7-17-4-3-14-16-17/h1-5,11-12,15,18H,6-7,13H2/t11?,12-/m0/s1. The summed E-state index contributed by atoms with van der Waals surface area (Å²) in [7, 11) is 2.08. The minimum absolute atomic E-state index is 0.0472. The maximum Gasteiger partial charge on any atom is 0.139 e. The van der Waals surface area contributed by atoms with E-state index in [1.165, 1.54) is 11.0 Å². The predicted molar refractivity (Wildman–Crippen MR) is 71.8 cm³/mol. The SMILES string of the molecule is Bc1ccc2c(c1)CC([C@@H](O)Cn1ccnn1)N2. The van der Waals surface area contributed by atoms with E-state index in [2.05, 4.69) is 41.7 Å². The van der Waals surface area contributed by atoms with Crippen molar-refractivity contribution in [2.45, 2.75) is 25.1 Å². The Bertz CT molecular complexity index is 543. The van der Waals surface area contributed by atoms with Crippen LogP contribution in [0.15, 0.2) is 30.6 Å². The van der Waals surface area contributed by atoms with Crippen LogP contribution in [0.25, 0.3) is 0 Å². The Morgan fingerprint density at radius 1 is 1.56 bits per heavy atom. The van der Waals surface area contributed by atoms with E-state index in [0.29, 0.717) is 6.54 Å². The van der Waals surface area contributed by atoms with Crippen molar-refractivity contribution in [1.82, 2.24) is 15.0 Å². The van der Waals surface area contributed by atoms with E-state index in [1.54, 1.807) is 17.1 Å². The second-order valence-electron chi connectivity index (χ2n) is 4.81. The molecule has 0 fully saturated rings. The molecule has 2 aromatic rings. The van der Waals surface area contributed by atoms with Crippen molar-refractivity contribution < 1.29 is 5.11 Å². The van der Waals surface area contributed by atoms with E-state index < -0.39 is 6.10 Å². The van der Waals surface area contributed by atoms with Gasteiger partial charge in [-0.25, -0.2) is 4.68 Å². The van der Waals surface area contributed by atoms with Crippen LogP contribution in [-0.4, -0.2) is 40.1 Å². The highest BCUT2D eigenvalue weighted by atomic mass is 16.3. The second kappa shape index (κ2) is 4.46. The Morgan fingerprint density at radius 2 is 2.44 bits per heavy atom. The summed E-state index contributed by atoms with van der Waals surface area (Å²) in [5.41, 5.74) is 3.66. The third-order valence-corrected chi connectivity index (χ3v) is 3.35. The molecule has 2 N–H and O–H groups in total. The van der Waals surface area contributed by atoms with Crippen LogP contribution < -0.4 is 10.8 Å². The molecule has 0 amide bonds. The van der Waals surface area contributed by atoms with Gasteiger partial charge in [-0.15, -0.1) is 5.10 Å². The van der Waals surface area contributed by atoms with Crippen LogP contribution >= 0.6 is 0 Å². The molecule has 92 valence electrons. The lowest BCUT2D eigenvalue weighted by Crippen LogP contribution is -2.35. The smallest absolute Gasteiger partial charge is 0.139 e. The summed E-state index contributed by atoms with van der Waals surface area (Å²) < 4.78 is 1.65. The van der Waals surface area contributed by atoms with E-state index in [9.17, 15) is 5.11 Å². The molecule has 1 unspecified atom stereocenters. The number of nitrogens with zero attached hydrogens (tertiary/aromatic N) is 3. The molecule has 1 aliphatic rings. The number of aromatic nitrogens is 3. The van der Waals surface area contributed by atoms with E-state index in [1.807, 2.05) is 0 Å². The van der Waals surface area contributed by atoms with Crippen molar-refractivity contribution in [3.63, 3.8) is 0 Å². The minimum Gasteiger partial charge on any atom is -0.389 e. The summed E-state index contributed by atoms with van der Waals surface area (Å²) in [6.07, 6.45) is 3.76. The lowest BCUT2D eigenvalue weighted by atomic mass is 9.93. The zero-order valence-electron chi connectivity index (χ0n) is 10.2. The molecular weight excluding hydrogens is 227 g/mol. The summed E-state index contributed by atoms with van der Waals surface area (Å²) >= 11 is 0. The lowest BCUT2D eigenvalue weighted by molar-refractivity contribution is 0.129. The highest BCUT2D eigenvalue weighted by Gasteiger charge is 2.27. The molecule has 1 aromatic heterocycles. The van der Waals surface area contributed by atoms with Crippen LogP contribution in [0.4, 0.5) is 5.69 Å². The molecule has 0 saturated heterocycles. The molecular formula is C12H15BN4O. The molecule has 1 aliphatic heterocycles. The van der Waals surface area contributed by atoms with Crippen molar-refractivity contribution in [3.05, 3.63) is 36.2 Å². The van der Waals surface area contributed by atoms with Crippen LogP contribution in [0.3, 0.4) is 0 Å². The molecule has 5 nitrogen and oxygen atoms in total. The zero-order chi connectivity index (χ0) is 12.5. The normalized spacial score (nSPS) is 19.3. The van der Waals surface area contributed by atoms with E-state index >= 15 is 0 Å². The molecule has 0 aliphatic carbocycles. The average molecular weight is 242 g/mol. The largest absolute Gasteiger partial charge is 0.389 e. The number of anilines is 1. The van der Waals surface area contributed by atoms with Crippen LogP contribution in [0.2, 0.25) is 0 Å². The van der Waals surface area contributed by atoms with Gasteiger partial charge in [-0.3, -0.25) is 0 Å². The fourth-order valence-corrected chi connectivity index (χ4v) is 2.40. The fourth-order valence-electron chi connectivity index (χ4n) is 2.40. The third kappa shape index (κ3) is 2.11. The molecule has 3 rings (SSSR count). The number of hydrogen-bond donors (Lipinski definition) is 2. The number of nitrogens with one attached hydrogen (secondary N) is 1. The van der Waals surface area contributed by atoms with Gasteiger partial charge in [-0.2, -0.15) is 0 Å². The van der Waals surface area contributed by atoms with Crippen molar-refractivity contribution in [2.75, 3.05) is 5.32 Å². The molecule has 0 bridgehead atoms. The predicted octanol–water partition coefficient (Wildman–Crippen LogP) is -1.07. The zero-order valence-corrected chi connectivity index (χ0v) is 10.2. The third-order valence-electron chi connectivity index (χ3n) is 3.35. The van der Waals surface area contributed by atoms with Gasteiger partial charge < -0.3 is 10.4 Å². The van der Waals surface area contributed by atoms with Crippen LogP contribution in [0, 0.1) is 0 Å². The van der Waals surface area contributed by atoms with Gasteiger partial charge in [0, 0.05) is 11.9 Å². The molecule has 1 aromatic carbocycles. The summed E-state index contributed by atoms with van der Waals surface area (Å²) in [6, 6.07) is 6.38. The van der Waals surface area contributed by atoms with Gasteiger partial charge in [0.2, 0.25) is 0 Å². The van der Waals surface area contributed by atoms with Crippen molar-refractivity contribution in [3.8, 4) is 0 Å². The fraction of sp³-hybridized carbons (Fsp3) is 0.333. The molecule has 2 atom stereocenters. The maximum atomic E-state index is 10.2. The Labute approximate surface area is 106 Å². The highest BCUT2D eigenvalue weighted by molar-refractivity contribution is 6.32. The highest BCUT2D eigenvalue weighted by Crippen LogP contribution is 2.26. The number of fused-ring (bicyclic) bond motifs is 1. The summed E-state index contributed by atoms with van der Waals surface area (Å²) in [5, 5.41) is 21.2. The number of aliphatic hydroxyl groups is 1. The molecule has 0 radical (unpaired) electrons. The van der Waals surface area contributed by atoms with Gasteiger partial charge in [0.25, 0.3) is 0 Å². The van der Waals surface area contributed by atoms with Gasteiger partial charge >= 0.3 is 0 Å². The second-order valence-corrected chi connectivity index (χ2v) is 4.81. The van der Waals surface area contributed by atoms with Gasteiger partial charge in [0.1, 0.15) is 7.85 Å². The Morgan fingerprint density at radius 3 is 3.22 bits per heavy atom. The van der Waals surface area contributed by atoms with Crippen molar-refractivity contribution in [1.29, 1.82) is 0 Å². The van der Waals surface area contributed by atoms with E-state index in [-0.39, 0.29) is 6.04 Å². The molecule has 6 heteroatoms. The van der Waals surface area contributed by atoms with E-state index in [4.69, 9.17) is 0 Å². The topological polar surface area (TPSA) is 63.0 Å². The van der Waals surface area contributed by atoms with Gasteiger partial charge in [0.05, 0.1) is 24.9 Å².